The van der Waals surface area contributed by atoms with Gasteiger partial charge in [-0.05, 0) is 30.9 Å². The number of pyridine rings is 2. The molecule has 34 heavy (non-hydrogen) atoms. The molecule has 0 radical (unpaired) electrons. The third kappa shape index (κ3) is 5.40. The first-order chi connectivity index (χ1) is 15.7. The molecule has 1 aliphatic rings. The van der Waals surface area contributed by atoms with E-state index in [-0.39, 0.29) is 49.8 Å². The molecule has 1 aliphatic heterocycles. The monoisotopic (exact) mass is 529 g/mol. The van der Waals surface area contributed by atoms with Crippen molar-refractivity contribution in [2.24, 2.45) is 10.9 Å². The van der Waals surface area contributed by atoms with Gasteiger partial charge >= 0.3 is 11.9 Å². The van der Waals surface area contributed by atoms with Crippen molar-refractivity contribution in [2.45, 2.75) is 39.7 Å². The molecule has 10 nitrogen and oxygen atoms in total. The van der Waals surface area contributed by atoms with Crippen molar-refractivity contribution >= 4 is 64.2 Å². The maximum absolute atomic E-state index is 12.1. The number of halogens is 3. The van der Waals surface area contributed by atoms with Crippen LogP contribution in [-0.4, -0.2) is 49.4 Å². The number of carbonyl (C=O) groups excluding carboxylic acids is 1. The van der Waals surface area contributed by atoms with Crippen LogP contribution in [0, 0.1) is 5.92 Å². The zero-order valence-corrected chi connectivity index (χ0v) is 20.9. The molecule has 5 N–H and O–H groups in total. The Labute approximate surface area is 210 Å². The lowest BCUT2D eigenvalue weighted by Crippen LogP contribution is -2.41. The lowest BCUT2D eigenvalue weighted by atomic mass is 9.89. The van der Waals surface area contributed by atoms with Crippen LogP contribution in [0.4, 0.5) is 5.69 Å². The number of nitrogens with one attached hydrogen (secondary N) is 1. The molecule has 2 aromatic heterocycles. The standard InChI is InChI=1S/C15H19N3O3.C6H3Cl3N2O2/c1-5-9-6-10(13(19)20)11(16-7-9)12-17-14(21)15(4,18-12)8(2)3;7-1-3(10)2(8)5(9)11-4(1)6(12)13/h6-8H,5H2,1-4H3,(H,19,20)(H,17,18,21);(H2,10,11)(H,12,13). The number of aryl methyl sites for hydroxylation is 1. The van der Waals surface area contributed by atoms with Crippen LogP contribution in [0.15, 0.2) is 17.3 Å². The maximum atomic E-state index is 12.1. The Balaban J connectivity index is 0.000000270. The first kappa shape index (κ1) is 27.3. The van der Waals surface area contributed by atoms with Crippen molar-refractivity contribution in [1.29, 1.82) is 0 Å². The minimum Gasteiger partial charge on any atom is -0.478 e. The molecular weight excluding hydrogens is 509 g/mol. The summed E-state index contributed by atoms with van der Waals surface area (Å²) in [6.45, 7) is 7.46. The van der Waals surface area contributed by atoms with Crippen molar-refractivity contribution in [3.63, 3.8) is 0 Å². The molecule has 1 amide bonds. The number of carboxylic acid groups (broad SMARTS) is 2. The van der Waals surface area contributed by atoms with E-state index in [1.54, 1.807) is 19.2 Å². The van der Waals surface area contributed by atoms with Crippen LogP contribution in [0.2, 0.25) is 15.2 Å². The SMILES string of the molecule is CCc1cnc(C2=NC(C)(C(C)C)C(=O)N2)c(C(=O)O)c1.Nc1c(Cl)c(Cl)nc(C(=O)O)c1Cl. The first-order valence-electron chi connectivity index (χ1n) is 9.91. The summed E-state index contributed by atoms with van der Waals surface area (Å²) in [6, 6.07) is 1.57. The van der Waals surface area contributed by atoms with Crippen LogP contribution in [0.1, 0.15) is 59.8 Å². The van der Waals surface area contributed by atoms with E-state index in [0.29, 0.717) is 6.42 Å². The zero-order chi connectivity index (χ0) is 26.0. The number of nitrogen functional groups attached to an aromatic ring is 1. The number of carboxylic acids is 2. The fourth-order valence-corrected chi connectivity index (χ4v) is 3.36. The van der Waals surface area contributed by atoms with Gasteiger partial charge in [-0.3, -0.25) is 9.78 Å². The van der Waals surface area contributed by atoms with Gasteiger partial charge in [0.2, 0.25) is 0 Å². The van der Waals surface area contributed by atoms with E-state index < -0.39 is 23.2 Å². The molecule has 0 aliphatic carbocycles. The maximum Gasteiger partial charge on any atom is 0.356 e. The Hall–Kier alpha value is -2.95. The summed E-state index contributed by atoms with van der Waals surface area (Å²) in [5.41, 5.74) is 5.07. The molecule has 0 saturated carbocycles. The zero-order valence-electron chi connectivity index (χ0n) is 18.6. The quantitative estimate of drug-likeness (QED) is 0.421. The Kier molecular flexibility index (Phi) is 8.46. The topological polar surface area (TPSA) is 168 Å². The predicted molar refractivity (Wildman–Crippen MR) is 129 cm³/mol. The summed E-state index contributed by atoms with van der Waals surface area (Å²) < 4.78 is 0. The number of amidine groups is 1. The lowest BCUT2D eigenvalue weighted by molar-refractivity contribution is -0.124. The van der Waals surface area contributed by atoms with Crippen LogP contribution in [0.25, 0.3) is 0 Å². The number of aromatic carboxylic acids is 2. The van der Waals surface area contributed by atoms with Gasteiger partial charge in [0.1, 0.15) is 16.3 Å². The number of aromatic nitrogens is 2. The predicted octanol–water partition coefficient (Wildman–Crippen LogP) is 3.96. The Bertz CT molecular complexity index is 1200. The number of rotatable bonds is 5. The number of anilines is 1. The molecule has 0 bridgehead atoms. The minimum atomic E-state index is -1.31. The van der Waals surface area contributed by atoms with Gasteiger partial charge in [0.15, 0.2) is 16.7 Å². The van der Waals surface area contributed by atoms with Gasteiger partial charge in [0, 0.05) is 6.20 Å². The molecule has 182 valence electrons. The molecule has 0 saturated heterocycles. The number of nitrogens with two attached hydrogens (primary N) is 1. The highest BCUT2D eigenvalue weighted by Gasteiger charge is 2.43. The van der Waals surface area contributed by atoms with Gasteiger partial charge in [-0.15, -0.1) is 0 Å². The van der Waals surface area contributed by atoms with Crippen molar-refractivity contribution in [3.05, 3.63) is 50.0 Å². The second kappa shape index (κ2) is 10.5. The van der Waals surface area contributed by atoms with E-state index in [1.165, 1.54) is 0 Å². The fourth-order valence-electron chi connectivity index (χ4n) is 2.77. The highest BCUT2D eigenvalue weighted by molar-refractivity contribution is 6.46. The van der Waals surface area contributed by atoms with Crippen LogP contribution >= 0.6 is 34.8 Å². The van der Waals surface area contributed by atoms with E-state index >= 15 is 0 Å². The number of carbonyl (C=O) groups is 3. The van der Waals surface area contributed by atoms with Gasteiger partial charge in [-0.25, -0.2) is 19.6 Å². The molecule has 13 heteroatoms. The van der Waals surface area contributed by atoms with Crippen LogP contribution in [0.5, 0.6) is 0 Å². The van der Waals surface area contributed by atoms with E-state index in [4.69, 9.17) is 45.6 Å². The van der Waals surface area contributed by atoms with E-state index in [9.17, 15) is 19.5 Å². The summed E-state index contributed by atoms with van der Waals surface area (Å²) in [5.74, 6) is -2.39. The number of amides is 1. The van der Waals surface area contributed by atoms with Crippen LogP contribution in [0.3, 0.4) is 0 Å². The molecule has 2 aromatic rings. The van der Waals surface area contributed by atoms with Crippen molar-refractivity contribution in [1.82, 2.24) is 15.3 Å². The van der Waals surface area contributed by atoms with Gasteiger partial charge in [0.25, 0.3) is 5.91 Å². The Morgan fingerprint density at radius 2 is 1.79 bits per heavy atom. The largest absolute Gasteiger partial charge is 0.478 e. The Morgan fingerprint density at radius 1 is 1.18 bits per heavy atom. The average Bonchev–Trinajstić information content (AvgIpc) is 3.10. The number of nitrogens with zero attached hydrogens (tertiary/aromatic N) is 3. The van der Waals surface area contributed by atoms with Gasteiger partial charge < -0.3 is 21.3 Å². The van der Waals surface area contributed by atoms with Crippen molar-refractivity contribution in [2.75, 3.05) is 5.73 Å². The summed E-state index contributed by atoms with van der Waals surface area (Å²) >= 11 is 16.6. The smallest absolute Gasteiger partial charge is 0.356 e. The molecule has 1 unspecified atom stereocenters. The number of hydrogen-bond donors (Lipinski definition) is 4. The van der Waals surface area contributed by atoms with Crippen LogP contribution < -0.4 is 11.1 Å². The summed E-state index contributed by atoms with van der Waals surface area (Å²) in [6.07, 6.45) is 2.30. The molecule has 3 heterocycles. The summed E-state index contributed by atoms with van der Waals surface area (Å²) in [4.78, 5) is 46.1. The molecule has 0 aromatic carbocycles. The van der Waals surface area contributed by atoms with E-state index in [0.717, 1.165) is 5.56 Å². The van der Waals surface area contributed by atoms with Crippen LogP contribution in [-0.2, 0) is 11.2 Å². The molecular formula is C21H22Cl3N5O5. The van der Waals surface area contributed by atoms with Gasteiger partial charge in [0.05, 0.1) is 16.3 Å². The number of hydrogen-bond acceptors (Lipinski definition) is 7. The second-order valence-electron chi connectivity index (χ2n) is 7.71. The van der Waals surface area contributed by atoms with Gasteiger partial charge in [-0.2, -0.15) is 0 Å². The third-order valence-electron chi connectivity index (χ3n) is 5.24. The molecule has 1 atom stereocenters. The number of aliphatic imine (C=N–C) groups is 1. The first-order valence-corrected chi connectivity index (χ1v) is 11.0. The van der Waals surface area contributed by atoms with E-state index in [2.05, 4.69) is 20.3 Å². The Morgan fingerprint density at radius 3 is 2.26 bits per heavy atom. The fraction of sp³-hybridized carbons (Fsp3) is 0.333. The van der Waals surface area contributed by atoms with Crippen molar-refractivity contribution in [3.8, 4) is 0 Å². The normalized spacial score (nSPS) is 17.1. The van der Waals surface area contributed by atoms with Crippen molar-refractivity contribution < 1.29 is 24.6 Å². The second-order valence-corrected chi connectivity index (χ2v) is 8.83. The lowest BCUT2D eigenvalue weighted by Gasteiger charge is -2.21. The minimum absolute atomic E-state index is 0.00167. The summed E-state index contributed by atoms with van der Waals surface area (Å²) in [5, 5.41) is 20.2. The highest BCUT2D eigenvalue weighted by Crippen LogP contribution is 2.34. The molecule has 3 rings (SSSR count). The average molecular weight is 531 g/mol. The highest BCUT2D eigenvalue weighted by atomic mass is 35.5. The van der Waals surface area contributed by atoms with E-state index in [1.807, 2.05) is 20.8 Å². The van der Waals surface area contributed by atoms with Gasteiger partial charge in [-0.1, -0.05) is 55.6 Å². The summed E-state index contributed by atoms with van der Waals surface area (Å²) in [7, 11) is 0. The molecule has 0 spiro atoms. The molecule has 0 fully saturated rings. The third-order valence-corrected chi connectivity index (χ3v) is 6.38.